The summed E-state index contributed by atoms with van der Waals surface area (Å²) in [6.45, 7) is 2.13. The summed E-state index contributed by atoms with van der Waals surface area (Å²) in [4.78, 5) is 0. The number of furan rings is 1. The molecule has 2 aromatic rings. The summed E-state index contributed by atoms with van der Waals surface area (Å²) in [5.41, 5.74) is 6.71. The summed E-state index contributed by atoms with van der Waals surface area (Å²) < 4.78 is 16.0. The molecular formula is C16H21NO4. The molecule has 0 aliphatic carbocycles. The molecule has 0 saturated heterocycles. The fraction of sp³-hybridized carbons (Fsp3) is 0.375. The Balaban J connectivity index is 2.32. The van der Waals surface area contributed by atoms with Crippen LogP contribution in [0.3, 0.4) is 0 Å². The molecule has 0 amide bonds. The van der Waals surface area contributed by atoms with Gasteiger partial charge in [0.1, 0.15) is 17.6 Å². The van der Waals surface area contributed by atoms with E-state index in [1.54, 1.807) is 26.4 Å². The SMILES string of the molecule is COc1ccc(C(CN)C(O)c2ccc(C)o2)cc1OC. The molecule has 5 nitrogen and oxygen atoms in total. The molecule has 5 heteroatoms. The standard InChI is InChI=1S/C16H21NO4/c1-10-4-6-14(21-10)16(18)12(9-17)11-5-7-13(19-2)15(8-11)20-3/h4-8,12,16,18H,9,17H2,1-3H3. The average Bonchev–Trinajstić information content (AvgIpc) is 2.94. The van der Waals surface area contributed by atoms with Gasteiger partial charge in [-0.05, 0) is 36.8 Å². The lowest BCUT2D eigenvalue weighted by atomic mass is 9.92. The highest BCUT2D eigenvalue weighted by Gasteiger charge is 2.25. The van der Waals surface area contributed by atoms with E-state index in [0.29, 0.717) is 17.3 Å². The van der Waals surface area contributed by atoms with Crippen LogP contribution in [-0.4, -0.2) is 25.9 Å². The Morgan fingerprint density at radius 3 is 2.38 bits per heavy atom. The van der Waals surface area contributed by atoms with Crippen LogP contribution in [0.25, 0.3) is 0 Å². The molecule has 0 radical (unpaired) electrons. The number of methoxy groups -OCH3 is 2. The molecule has 0 spiro atoms. The Bertz CT molecular complexity index is 594. The predicted molar refractivity (Wildman–Crippen MR) is 79.7 cm³/mol. The third-order valence-corrected chi connectivity index (χ3v) is 3.52. The van der Waals surface area contributed by atoms with Gasteiger partial charge in [0.15, 0.2) is 11.5 Å². The minimum atomic E-state index is -0.804. The van der Waals surface area contributed by atoms with Crippen LogP contribution in [-0.2, 0) is 0 Å². The maximum Gasteiger partial charge on any atom is 0.160 e. The molecule has 114 valence electrons. The topological polar surface area (TPSA) is 77.9 Å². The van der Waals surface area contributed by atoms with Crippen LogP contribution < -0.4 is 15.2 Å². The zero-order valence-corrected chi connectivity index (χ0v) is 12.5. The summed E-state index contributed by atoms with van der Waals surface area (Å²) in [6.07, 6.45) is -0.804. The first-order valence-electron chi connectivity index (χ1n) is 6.77. The quantitative estimate of drug-likeness (QED) is 0.854. The van der Waals surface area contributed by atoms with E-state index >= 15 is 0 Å². The van der Waals surface area contributed by atoms with E-state index in [1.807, 2.05) is 25.1 Å². The monoisotopic (exact) mass is 291 g/mol. The largest absolute Gasteiger partial charge is 0.493 e. The summed E-state index contributed by atoms with van der Waals surface area (Å²) >= 11 is 0. The smallest absolute Gasteiger partial charge is 0.160 e. The minimum absolute atomic E-state index is 0.282. The molecule has 1 heterocycles. The summed E-state index contributed by atoms with van der Waals surface area (Å²) in [6, 6.07) is 9.09. The van der Waals surface area contributed by atoms with Crippen molar-refractivity contribution in [3.8, 4) is 11.5 Å². The molecule has 21 heavy (non-hydrogen) atoms. The molecule has 3 N–H and O–H groups in total. The lowest BCUT2D eigenvalue weighted by Crippen LogP contribution is -2.20. The Morgan fingerprint density at radius 1 is 1.14 bits per heavy atom. The molecule has 0 aliphatic rings. The van der Waals surface area contributed by atoms with E-state index < -0.39 is 6.10 Å². The number of rotatable bonds is 6. The van der Waals surface area contributed by atoms with Crippen molar-refractivity contribution in [2.24, 2.45) is 5.73 Å². The van der Waals surface area contributed by atoms with Crippen molar-refractivity contribution < 1.29 is 19.0 Å². The number of hydrogen-bond donors (Lipinski definition) is 2. The average molecular weight is 291 g/mol. The zero-order chi connectivity index (χ0) is 15.4. The van der Waals surface area contributed by atoms with Gasteiger partial charge in [-0.2, -0.15) is 0 Å². The van der Waals surface area contributed by atoms with Crippen molar-refractivity contribution in [1.82, 2.24) is 0 Å². The van der Waals surface area contributed by atoms with E-state index in [9.17, 15) is 5.11 Å². The zero-order valence-electron chi connectivity index (χ0n) is 12.5. The molecule has 0 saturated carbocycles. The first-order valence-corrected chi connectivity index (χ1v) is 6.77. The van der Waals surface area contributed by atoms with Gasteiger partial charge in [-0.3, -0.25) is 0 Å². The van der Waals surface area contributed by atoms with Gasteiger partial charge in [0.05, 0.1) is 14.2 Å². The third kappa shape index (κ3) is 3.20. The molecule has 0 fully saturated rings. The van der Waals surface area contributed by atoms with Crippen molar-refractivity contribution >= 4 is 0 Å². The number of hydrogen-bond acceptors (Lipinski definition) is 5. The first-order chi connectivity index (χ1) is 10.1. The molecule has 1 aromatic carbocycles. The van der Waals surface area contributed by atoms with E-state index in [4.69, 9.17) is 19.6 Å². The number of ether oxygens (including phenoxy) is 2. The third-order valence-electron chi connectivity index (χ3n) is 3.52. The van der Waals surface area contributed by atoms with Crippen LogP contribution in [0, 0.1) is 6.92 Å². The van der Waals surface area contributed by atoms with Gasteiger partial charge in [0.25, 0.3) is 0 Å². The van der Waals surface area contributed by atoms with E-state index in [-0.39, 0.29) is 12.5 Å². The van der Waals surface area contributed by atoms with Crippen molar-refractivity contribution in [3.05, 3.63) is 47.4 Å². The van der Waals surface area contributed by atoms with Crippen LogP contribution in [0.4, 0.5) is 0 Å². The van der Waals surface area contributed by atoms with Crippen LogP contribution in [0.5, 0.6) is 11.5 Å². The lowest BCUT2D eigenvalue weighted by Gasteiger charge is -2.21. The number of aryl methyl sites for hydroxylation is 1. The summed E-state index contributed by atoms with van der Waals surface area (Å²) in [5, 5.41) is 10.5. The second kappa shape index (κ2) is 6.65. The molecule has 2 unspecified atom stereocenters. The highest BCUT2D eigenvalue weighted by molar-refractivity contribution is 5.44. The van der Waals surface area contributed by atoms with E-state index in [1.165, 1.54) is 0 Å². The minimum Gasteiger partial charge on any atom is -0.493 e. The van der Waals surface area contributed by atoms with Crippen LogP contribution in [0.2, 0.25) is 0 Å². The molecule has 0 bridgehead atoms. The van der Waals surface area contributed by atoms with Gasteiger partial charge < -0.3 is 24.7 Å². The Kier molecular flexibility index (Phi) is 4.88. The number of benzene rings is 1. The van der Waals surface area contributed by atoms with Gasteiger partial charge in [-0.15, -0.1) is 0 Å². The molecule has 2 rings (SSSR count). The maximum absolute atomic E-state index is 10.5. The number of aliphatic hydroxyl groups is 1. The van der Waals surface area contributed by atoms with Gasteiger partial charge in [0.2, 0.25) is 0 Å². The number of aliphatic hydroxyl groups excluding tert-OH is 1. The molecule has 0 aliphatic heterocycles. The lowest BCUT2D eigenvalue weighted by molar-refractivity contribution is 0.120. The second-order valence-electron chi connectivity index (χ2n) is 4.85. The van der Waals surface area contributed by atoms with Crippen molar-refractivity contribution in [2.75, 3.05) is 20.8 Å². The van der Waals surface area contributed by atoms with E-state index in [0.717, 1.165) is 11.3 Å². The van der Waals surface area contributed by atoms with E-state index in [2.05, 4.69) is 0 Å². The Morgan fingerprint density at radius 2 is 1.86 bits per heavy atom. The normalized spacial score (nSPS) is 13.8. The fourth-order valence-corrected chi connectivity index (χ4v) is 2.34. The van der Waals surface area contributed by atoms with Crippen LogP contribution in [0.1, 0.15) is 29.1 Å². The van der Waals surface area contributed by atoms with Gasteiger partial charge in [-0.25, -0.2) is 0 Å². The predicted octanol–water partition coefficient (Wildman–Crippen LogP) is 2.38. The number of nitrogens with two attached hydrogens (primary N) is 1. The van der Waals surface area contributed by atoms with Crippen LogP contribution >= 0.6 is 0 Å². The van der Waals surface area contributed by atoms with Gasteiger partial charge >= 0.3 is 0 Å². The second-order valence-corrected chi connectivity index (χ2v) is 4.85. The van der Waals surface area contributed by atoms with Crippen LogP contribution in [0.15, 0.2) is 34.7 Å². The fourth-order valence-electron chi connectivity index (χ4n) is 2.34. The molecular weight excluding hydrogens is 270 g/mol. The Labute approximate surface area is 124 Å². The van der Waals surface area contributed by atoms with Crippen molar-refractivity contribution in [1.29, 1.82) is 0 Å². The highest BCUT2D eigenvalue weighted by Crippen LogP contribution is 2.36. The van der Waals surface area contributed by atoms with Crippen molar-refractivity contribution in [2.45, 2.75) is 18.9 Å². The first kappa shape index (κ1) is 15.4. The van der Waals surface area contributed by atoms with Crippen molar-refractivity contribution in [3.63, 3.8) is 0 Å². The van der Waals surface area contributed by atoms with Gasteiger partial charge in [0, 0.05) is 12.5 Å². The highest BCUT2D eigenvalue weighted by atomic mass is 16.5. The Hall–Kier alpha value is -1.98. The molecule has 2 atom stereocenters. The summed E-state index contributed by atoms with van der Waals surface area (Å²) in [5.74, 6) is 2.23. The molecule has 1 aromatic heterocycles. The summed E-state index contributed by atoms with van der Waals surface area (Å²) in [7, 11) is 3.16. The maximum atomic E-state index is 10.5. The van der Waals surface area contributed by atoms with Gasteiger partial charge in [-0.1, -0.05) is 6.07 Å².